The topological polar surface area (TPSA) is 63.7 Å². The molecule has 1 heterocycles. The summed E-state index contributed by atoms with van der Waals surface area (Å²) in [6.07, 6.45) is 3.42. The quantitative estimate of drug-likeness (QED) is 0.405. The van der Waals surface area contributed by atoms with Crippen LogP contribution in [0.2, 0.25) is 10.0 Å². The molecule has 1 saturated carbocycles. The van der Waals surface area contributed by atoms with Crippen molar-refractivity contribution >= 4 is 46.7 Å². The van der Waals surface area contributed by atoms with Gasteiger partial charge < -0.3 is 4.74 Å². The van der Waals surface area contributed by atoms with Crippen LogP contribution in [0.4, 0.5) is 5.69 Å². The van der Waals surface area contributed by atoms with Crippen molar-refractivity contribution in [1.29, 1.82) is 0 Å². The van der Waals surface area contributed by atoms with E-state index >= 15 is 0 Å². The predicted molar refractivity (Wildman–Crippen MR) is 106 cm³/mol. The molecule has 2 amide bonds. The Morgan fingerprint density at radius 3 is 2.29 bits per heavy atom. The highest BCUT2D eigenvalue weighted by Crippen LogP contribution is 2.40. The molecule has 2 aliphatic rings. The van der Waals surface area contributed by atoms with Crippen molar-refractivity contribution in [3.63, 3.8) is 0 Å². The summed E-state index contributed by atoms with van der Waals surface area (Å²) in [7, 11) is 0. The molecule has 0 N–H and O–H groups in total. The largest absolute Gasteiger partial charge is 0.423 e. The molecule has 4 rings (SSSR count). The van der Waals surface area contributed by atoms with Gasteiger partial charge in [-0.25, -0.2) is 9.69 Å². The molecule has 0 aromatic heterocycles. The minimum atomic E-state index is -0.647. The molecule has 144 valence electrons. The van der Waals surface area contributed by atoms with Crippen LogP contribution in [0.3, 0.4) is 0 Å². The first-order chi connectivity index (χ1) is 13.5. The number of ether oxygens (including phenoxy) is 1. The number of hydrogen-bond donors (Lipinski definition) is 0. The smallest absolute Gasteiger partial charge is 0.345 e. The van der Waals surface area contributed by atoms with E-state index < -0.39 is 5.97 Å². The number of carbonyl (C=O) groups is 3. The van der Waals surface area contributed by atoms with Crippen LogP contribution in [0.15, 0.2) is 42.5 Å². The third-order valence-electron chi connectivity index (χ3n) is 5.28. The highest BCUT2D eigenvalue weighted by molar-refractivity contribution is 6.36. The minimum Gasteiger partial charge on any atom is -0.423 e. The van der Waals surface area contributed by atoms with E-state index in [4.69, 9.17) is 27.9 Å². The Morgan fingerprint density at radius 2 is 1.64 bits per heavy atom. The van der Waals surface area contributed by atoms with E-state index in [1.165, 1.54) is 23.1 Å². The molecule has 5 nitrogen and oxygen atoms in total. The lowest BCUT2D eigenvalue weighted by Crippen LogP contribution is -2.30. The summed E-state index contributed by atoms with van der Waals surface area (Å²) < 4.78 is 5.39. The molecule has 1 aliphatic heterocycles. The second-order valence-corrected chi connectivity index (χ2v) is 7.86. The number of nitrogens with zero attached hydrogens (tertiary/aromatic N) is 1. The van der Waals surface area contributed by atoms with Crippen molar-refractivity contribution in [3.8, 4) is 5.75 Å². The van der Waals surface area contributed by atoms with Gasteiger partial charge in [0.25, 0.3) is 0 Å². The van der Waals surface area contributed by atoms with Crippen molar-refractivity contribution in [2.75, 3.05) is 4.90 Å². The number of benzene rings is 2. The van der Waals surface area contributed by atoms with Crippen molar-refractivity contribution < 1.29 is 19.1 Å². The number of imide groups is 1. The number of anilines is 1. The third-order valence-corrected chi connectivity index (χ3v) is 5.83. The Balaban J connectivity index is 1.57. The van der Waals surface area contributed by atoms with Crippen LogP contribution in [0.25, 0.3) is 0 Å². The number of esters is 1. The number of fused-ring (bicyclic) bond motifs is 1. The second-order valence-electron chi connectivity index (χ2n) is 7.02. The molecule has 7 heteroatoms. The van der Waals surface area contributed by atoms with Crippen molar-refractivity contribution in [3.05, 3.63) is 58.1 Å². The van der Waals surface area contributed by atoms with E-state index in [9.17, 15) is 14.4 Å². The summed E-state index contributed by atoms with van der Waals surface area (Å²) in [4.78, 5) is 39.1. The summed E-state index contributed by atoms with van der Waals surface area (Å²) in [6.45, 7) is 0. The molecule has 2 aromatic rings. The number of hydrogen-bond acceptors (Lipinski definition) is 4. The van der Waals surface area contributed by atoms with E-state index in [0.717, 1.165) is 25.7 Å². The second kappa shape index (κ2) is 7.57. The summed E-state index contributed by atoms with van der Waals surface area (Å²) in [6, 6.07) is 10.9. The highest BCUT2D eigenvalue weighted by Gasteiger charge is 2.48. The average Bonchev–Trinajstić information content (AvgIpc) is 2.93. The lowest BCUT2D eigenvalue weighted by atomic mass is 9.81. The molecule has 0 radical (unpaired) electrons. The van der Waals surface area contributed by atoms with Crippen LogP contribution in [0.5, 0.6) is 5.75 Å². The first-order valence-corrected chi connectivity index (χ1v) is 9.86. The molecule has 2 atom stereocenters. The van der Waals surface area contributed by atoms with Crippen molar-refractivity contribution in [2.45, 2.75) is 25.7 Å². The van der Waals surface area contributed by atoms with Gasteiger partial charge >= 0.3 is 5.97 Å². The molecule has 1 aliphatic carbocycles. The van der Waals surface area contributed by atoms with Gasteiger partial charge in [-0.05, 0) is 43.2 Å². The highest BCUT2D eigenvalue weighted by atomic mass is 35.5. The number of halogens is 2. The molecule has 0 spiro atoms. The van der Waals surface area contributed by atoms with Gasteiger partial charge in [-0.3, -0.25) is 9.59 Å². The maximum absolute atomic E-state index is 12.7. The van der Waals surface area contributed by atoms with Crippen LogP contribution >= 0.6 is 23.2 Å². The molecule has 1 saturated heterocycles. The van der Waals surface area contributed by atoms with Gasteiger partial charge in [-0.1, -0.05) is 42.1 Å². The number of rotatable bonds is 3. The van der Waals surface area contributed by atoms with Gasteiger partial charge in [0.05, 0.1) is 28.1 Å². The molecule has 2 fully saturated rings. The molecule has 0 bridgehead atoms. The molecule has 0 unspecified atom stereocenters. The van der Waals surface area contributed by atoms with Gasteiger partial charge in [0, 0.05) is 11.1 Å². The monoisotopic (exact) mass is 417 g/mol. The van der Waals surface area contributed by atoms with E-state index in [1.807, 2.05) is 0 Å². The Bertz CT molecular complexity index is 951. The molecular weight excluding hydrogens is 401 g/mol. The first kappa shape index (κ1) is 19.0. The fraction of sp³-hybridized carbons (Fsp3) is 0.286. The molecule has 2 aromatic carbocycles. The summed E-state index contributed by atoms with van der Waals surface area (Å²) in [5, 5.41) is 0.596. The zero-order valence-electron chi connectivity index (χ0n) is 14.9. The van der Waals surface area contributed by atoms with E-state index in [-0.39, 0.29) is 40.0 Å². The Labute approximate surface area is 172 Å². The van der Waals surface area contributed by atoms with E-state index in [0.29, 0.717) is 10.7 Å². The first-order valence-electron chi connectivity index (χ1n) is 9.11. The van der Waals surface area contributed by atoms with Crippen LogP contribution < -0.4 is 9.64 Å². The lowest BCUT2D eigenvalue weighted by Gasteiger charge is -2.19. The summed E-state index contributed by atoms with van der Waals surface area (Å²) in [5.41, 5.74) is 0.590. The van der Waals surface area contributed by atoms with Gasteiger partial charge in [0.2, 0.25) is 11.8 Å². The van der Waals surface area contributed by atoms with Crippen LogP contribution in [-0.2, 0) is 9.59 Å². The van der Waals surface area contributed by atoms with Crippen molar-refractivity contribution in [1.82, 2.24) is 0 Å². The maximum Gasteiger partial charge on any atom is 0.345 e. The van der Waals surface area contributed by atoms with Crippen LogP contribution in [0.1, 0.15) is 36.0 Å². The van der Waals surface area contributed by atoms with Gasteiger partial charge in [-0.15, -0.1) is 0 Å². The van der Waals surface area contributed by atoms with Crippen molar-refractivity contribution in [2.24, 2.45) is 11.8 Å². The van der Waals surface area contributed by atoms with Crippen LogP contribution in [-0.4, -0.2) is 17.8 Å². The van der Waals surface area contributed by atoms with Crippen LogP contribution in [0, 0.1) is 11.8 Å². The van der Waals surface area contributed by atoms with Gasteiger partial charge in [-0.2, -0.15) is 0 Å². The zero-order chi connectivity index (χ0) is 19.8. The fourth-order valence-electron chi connectivity index (χ4n) is 3.92. The maximum atomic E-state index is 12.7. The zero-order valence-corrected chi connectivity index (χ0v) is 16.4. The van der Waals surface area contributed by atoms with E-state index in [1.54, 1.807) is 24.3 Å². The SMILES string of the molecule is O=C(Oc1cccc(N2C(=O)[C@H]3CCCC[C@H]3C2=O)c1)c1ccc(Cl)cc1Cl. The summed E-state index contributed by atoms with van der Waals surface area (Å²) >= 11 is 11.9. The Hall–Kier alpha value is -2.37. The minimum absolute atomic E-state index is 0.168. The van der Waals surface area contributed by atoms with Gasteiger partial charge in [0.1, 0.15) is 5.75 Å². The normalized spacial score (nSPS) is 21.6. The molecular formula is C21H17Cl2NO4. The number of carbonyl (C=O) groups excluding carboxylic acids is 3. The molecule has 28 heavy (non-hydrogen) atoms. The summed E-state index contributed by atoms with van der Waals surface area (Å²) in [5.74, 6) is -1.23. The van der Waals surface area contributed by atoms with Gasteiger partial charge in [0.15, 0.2) is 0 Å². The fourth-order valence-corrected chi connectivity index (χ4v) is 4.41. The lowest BCUT2D eigenvalue weighted by molar-refractivity contribution is -0.122. The average molecular weight is 418 g/mol. The Morgan fingerprint density at radius 1 is 0.964 bits per heavy atom. The Kier molecular flexibility index (Phi) is 5.13. The predicted octanol–water partition coefficient (Wildman–Crippen LogP) is 4.89. The standard InChI is InChI=1S/C21H17Cl2NO4/c22-12-8-9-17(18(23)10-12)21(27)28-14-5-3-4-13(11-14)24-19(25)15-6-1-2-7-16(15)20(24)26/h3-5,8-11,15-16H,1-2,6-7H2/t15-,16+. The third kappa shape index (κ3) is 3.40. The van der Waals surface area contributed by atoms with E-state index in [2.05, 4.69) is 0 Å². The number of amides is 2.